The summed E-state index contributed by atoms with van der Waals surface area (Å²) >= 11 is 0. The molecule has 0 spiro atoms. The van der Waals surface area contributed by atoms with Gasteiger partial charge in [-0.05, 0) is 106 Å². The molecule has 3 heteroatoms. The molecule has 0 bridgehead atoms. The van der Waals surface area contributed by atoms with Crippen LogP contribution in [0.25, 0.3) is 0 Å². The number of allylic oxidation sites excluding steroid dienone is 3. The summed E-state index contributed by atoms with van der Waals surface area (Å²) in [6.07, 6.45) is 16.7. The monoisotopic (exact) mass is 472 g/mol. The van der Waals surface area contributed by atoms with Crippen LogP contribution in [0.3, 0.4) is 0 Å². The van der Waals surface area contributed by atoms with Crippen LogP contribution in [0.1, 0.15) is 112 Å². The number of aliphatic hydroxyl groups is 3. The van der Waals surface area contributed by atoms with Crippen LogP contribution in [0.2, 0.25) is 0 Å². The smallest absolute Gasteiger partial charge is 0.0809 e. The van der Waals surface area contributed by atoms with Crippen molar-refractivity contribution in [1.82, 2.24) is 0 Å². The molecule has 3 saturated carbocycles. The van der Waals surface area contributed by atoms with Crippen molar-refractivity contribution in [2.75, 3.05) is 0 Å². The Balaban J connectivity index is 1.75. The molecular formula is C31H52O3. The van der Waals surface area contributed by atoms with E-state index >= 15 is 0 Å². The van der Waals surface area contributed by atoms with Crippen molar-refractivity contribution in [2.45, 2.75) is 129 Å². The van der Waals surface area contributed by atoms with Gasteiger partial charge in [0.25, 0.3) is 0 Å². The van der Waals surface area contributed by atoms with Crippen molar-refractivity contribution in [2.24, 2.45) is 29.1 Å². The van der Waals surface area contributed by atoms with E-state index < -0.39 is 17.8 Å². The van der Waals surface area contributed by atoms with Crippen LogP contribution in [0.15, 0.2) is 35.5 Å². The second-order valence-corrected chi connectivity index (χ2v) is 12.8. The second kappa shape index (κ2) is 11.4. The van der Waals surface area contributed by atoms with Crippen LogP contribution in [0.5, 0.6) is 0 Å². The third-order valence-corrected chi connectivity index (χ3v) is 9.77. The molecule has 194 valence electrons. The molecule has 3 N–H and O–H groups in total. The average Bonchev–Trinajstić information content (AvgIpc) is 3.12. The normalized spacial score (nSPS) is 35.4. The number of hydrogen-bond donors (Lipinski definition) is 3. The molecule has 0 aliphatic heterocycles. The summed E-state index contributed by atoms with van der Waals surface area (Å²) in [7, 11) is 0. The molecule has 1 unspecified atom stereocenters. The summed E-state index contributed by atoms with van der Waals surface area (Å²) in [5, 5.41) is 30.8. The number of aliphatic hydroxyl groups excluding tert-OH is 2. The summed E-state index contributed by atoms with van der Waals surface area (Å²) in [5.74, 6) is 2.79. The van der Waals surface area contributed by atoms with Crippen LogP contribution >= 0.6 is 0 Å². The van der Waals surface area contributed by atoms with Gasteiger partial charge in [0.05, 0.1) is 17.8 Å². The predicted octanol–water partition coefficient (Wildman–Crippen LogP) is 7.12. The van der Waals surface area contributed by atoms with Crippen molar-refractivity contribution in [3.8, 4) is 0 Å². The van der Waals surface area contributed by atoms with Gasteiger partial charge < -0.3 is 15.3 Å². The van der Waals surface area contributed by atoms with Gasteiger partial charge in [-0.25, -0.2) is 0 Å². The highest BCUT2D eigenvalue weighted by Gasteiger charge is 2.51. The first kappa shape index (κ1) is 27.7. The van der Waals surface area contributed by atoms with Crippen LogP contribution in [0.4, 0.5) is 0 Å². The first-order valence-corrected chi connectivity index (χ1v) is 14.1. The summed E-state index contributed by atoms with van der Waals surface area (Å²) in [4.78, 5) is 0. The molecule has 0 aromatic heterocycles. The first-order valence-electron chi connectivity index (χ1n) is 14.1. The topological polar surface area (TPSA) is 60.7 Å². The average molecular weight is 473 g/mol. The van der Waals surface area contributed by atoms with Gasteiger partial charge in [-0.3, -0.25) is 0 Å². The van der Waals surface area contributed by atoms with Crippen LogP contribution < -0.4 is 0 Å². The largest absolute Gasteiger partial charge is 0.390 e. The maximum atomic E-state index is 10.4. The summed E-state index contributed by atoms with van der Waals surface area (Å²) in [6.45, 7) is 15.1. The number of unbranched alkanes of at least 4 members (excludes halogenated alkanes) is 1. The maximum absolute atomic E-state index is 10.4. The minimum absolute atomic E-state index is 0.362. The van der Waals surface area contributed by atoms with Gasteiger partial charge in [0.15, 0.2) is 0 Å². The van der Waals surface area contributed by atoms with Gasteiger partial charge in [0.2, 0.25) is 0 Å². The number of hydrogen-bond acceptors (Lipinski definition) is 3. The molecule has 0 radical (unpaired) electrons. The molecule has 7 atom stereocenters. The van der Waals surface area contributed by atoms with Crippen molar-refractivity contribution >= 4 is 0 Å². The highest BCUT2D eigenvalue weighted by atomic mass is 16.3. The molecule has 0 aromatic rings. The van der Waals surface area contributed by atoms with Crippen LogP contribution in [0, 0.1) is 29.1 Å². The Morgan fingerprint density at radius 2 is 1.79 bits per heavy atom. The highest BCUT2D eigenvalue weighted by Crippen LogP contribution is 2.60. The van der Waals surface area contributed by atoms with Gasteiger partial charge >= 0.3 is 0 Å². The molecular weight excluding hydrogens is 420 g/mol. The molecule has 3 aliphatic rings. The molecule has 3 fully saturated rings. The first-order chi connectivity index (χ1) is 16.0. The van der Waals surface area contributed by atoms with E-state index in [2.05, 4.69) is 39.5 Å². The van der Waals surface area contributed by atoms with Crippen LogP contribution in [-0.4, -0.2) is 33.1 Å². The zero-order valence-corrected chi connectivity index (χ0v) is 22.7. The van der Waals surface area contributed by atoms with Crippen molar-refractivity contribution in [3.05, 3.63) is 35.5 Å². The Kier molecular flexibility index (Phi) is 9.31. The number of rotatable bonds is 9. The minimum atomic E-state index is -0.620. The Morgan fingerprint density at radius 1 is 1.12 bits per heavy atom. The summed E-state index contributed by atoms with van der Waals surface area (Å²) in [5.41, 5.74) is 3.08. The van der Waals surface area contributed by atoms with Gasteiger partial charge in [-0.2, -0.15) is 0 Å². The predicted molar refractivity (Wildman–Crippen MR) is 142 cm³/mol. The SMILES string of the molecule is C=C1[C@H](O)CC(=C/C=C2/CCC[C@@]3(C)C2CC[C@@H]3[C@H](C)[C@@H](CCCC)CCC(C)(C)O)C[C@H]1O. The van der Waals surface area contributed by atoms with Crippen LogP contribution in [-0.2, 0) is 0 Å². The lowest BCUT2D eigenvalue weighted by molar-refractivity contribution is 0.0390. The molecule has 0 aromatic carbocycles. The van der Waals surface area contributed by atoms with Gasteiger partial charge in [0.1, 0.15) is 0 Å². The van der Waals surface area contributed by atoms with Crippen molar-refractivity contribution < 1.29 is 15.3 Å². The fourth-order valence-corrected chi connectivity index (χ4v) is 7.57. The van der Waals surface area contributed by atoms with Crippen molar-refractivity contribution in [3.63, 3.8) is 0 Å². The zero-order valence-electron chi connectivity index (χ0n) is 22.7. The Morgan fingerprint density at radius 3 is 2.41 bits per heavy atom. The van der Waals surface area contributed by atoms with E-state index in [4.69, 9.17) is 0 Å². The molecule has 0 saturated heterocycles. The summed E-state index contributed by atoms with van der Waals surface area (Å²) in [6, 6.07) is 0. The van der Waals surface area contributed by atoms with E-state index in [9.17, 15) is 15.3 Å². The fraction of sp³-hybridized carbons (Fsp3) is 0.806. The van der Waals surface area contributed by atoms with Gasteiger partial charge in [0, 0.05) is 0 Å². The third-order valence-electron chi connectivity index (χ3n) is 9.77. The molecule has 0 heterocycles. The zero-order chi connectivity index (χ0) is 25.1. The molecule has 3 aliphatic carbocycles. The van der Waals surface area contributed by atoms with E-state index in [1.807, 2.05) is 13.8 Å². The van der Waals surface area contributed by atoms with E-state index in [-0.39, 0.29) is 0 Å². The maximum Gasteiger partial charge on any atom is 0.0809 e. The Bertz CT molecular complexity index is 741. The molecule has 34 heavy (non-hydrogen) atoms. The van der Waals surface area contributed by atoms with E-state index in [0.717, 1.165) is 24.3 Å². The number of fused-ring (bicyclic) bond motifs is 1. The van der Waals surface area contributed by atoms with E-state index in [1.165, 1.54) is 51.4 Å². The van der Waals surface area contributed by atoms with Crippen molar-refractivity contribution in [1.29, 1.82) is 0 Å². The Labute approximate surface area is 209 Å². The lowest BCUT2D eigenvalue weighted by Crippen LogP contribution is -2.38. The molecule has 3 rings (SSSR count). The molecule has 3 nitrogen and oxygen atoms in total. The standard InChI is InChI=1S/C31H52O3/c1-7-8-10-24(16-18-30(4,5)34)21(2)26-14-15-27-25(11-9-17-31(26,27)6)13-12-23-19-28(32)22(3)29(33)20-23/h12-13,21,24,26-29,32-34H,3,7-11,14-20H2,1-2,4-6H3/b25-13-/t21-,24+,26-,27?,28-,29-,31-/m1/s1. The second-order valence-electron chi connectivity index (χ2n) is 12.8. The third kappa shape index (κ3) is 6.45. The van der Waals surface area contributed by atoms with Gasteiger partial charge in [-0.1, -0.05) is 69.9 Å². The lowest BCUT2D eigenvalue weighted by Gasteiger charge is -2.46. The highest BCUT2D eigenvalue weighted by molar-refractivity contribution is 5.29. The molecule has 0 amide bonds. The minimum Gasteiger partial charge on any atom is -0.390 e. The summed E-state index contributed by atoms with van der Waals surface area (Å²) < 4.78 is 0. The van der Waals surface area contributed by atoms with E-state index in [0.29, 0.717) is 41.6 Å². The Hall–Kier alpha value is -0.900. The van der Waals surface area contributed by atoms with E-state index in [1.54, 1.807) is 5.57 Å². The van der Waals surface area contributed by atoms with Gasteiger partial charge in [-0.15, -0.1) is 0 Å². The quantitative estimate of drug-likeness (QED) is 0.313. The lowest BCUT2D eigenvalue weighted by atomic mass is 9.59. The fourth-order valence-electron chi connectivity index (χ4n) is 7.57.